The normalized spacial score (nSPS) is 21.2. The highest BCUT2D eigenvalue weighted by Crippen LogP contribution is 2.23. The first-order valence-electron chi connectivity index (χ1n) is 7.26. The highest BCUT2D eigenvalue weighted by Gasteiger charge is 2.23. The summed E-state index contributed by atoms with van der Waals surface area (Å²) in [7, 11) is 0. The number of esters is 1. The van der Waals surface area contributed by atoms with Crippen molar-refractivity contribution in [3.05, 3.63) is 28.0 Å². The molecule has 0 bridgehead atoms. The van der Waals surface area contributed by atoms with Crippen LogP contribution in [0.2, 0.25) is 10.2 Å². The zero-order chi connectivity index (χ0) is 16.1. The van der Waals surface area contributed by atoms with Crippen molar-refractivity contribution in [2.75, 3.05) is 6.61 Å². The van der Waals surface area contributed by atoms with Gasteiger partial charge in [-0.2, -0.15) is 0 Å². The number of halogens is 2. The number of carbonyl (C=O) groups is 2. The molecule has 1 aliphatic rings. The van der Waals surface area contributed by atoms with Gasteiger partial charge in [0, 0.05) is 6.04 Å². The summed E-state index contributed by atoms with van der Waals surface area (Å²) in [4.78, 5) is 27.6. The average molecular weight is 345 g/mol. The second-order valence-corrected chi connectivity index (χ2v) is 6.27. The molecule has 120 valence electrons. The number of ether oxygens (including phenoxy) is 1. The Morgan fingerprint density at radius 2 is 2.05 bits per heavy atom. The van der Waals surface area contributed by atoms with E-state index in [1.165, 1.54) is 18.6 Å². The van der Waals surface area contributed by atoms with Crippen molar-refractivity contribution < 1.29 is 14.3 Å². The Labute approximate surface area is 139 Å². The summed E-state index contributed by atoms with van der Waals surface area (Å²) in [6, 6.07) is 3.07. The zero-order valence-electron chi connectivity index (χ0n) is 12.3. The van der Waals surface area contributed by atoms with E-state index in [0.717, 1.165) is 19.3 Å². The van der Waals surface area contributed by atoms with Gasteiger partial charge >= 0.3 is 5.97 Å². The van der Waals surface area contributed by atoms with Crippen LogP contribution < -0.4 is 5.32 Å². The fraction of sp³-hybridized carbons (Fsp3) is 0.533. The Hall–Kier alpha value is -1.33. The minimum atomic E-state index is -0.764. The number of hydrogen-bond acceptors (Lipinski definition) is 4. The van der Waals surface area contributed by atoms with Crippen LogP contribution in [-0.4, -0.2) is 29.5 Å². The van der Waals surface area contributed by atoms with E-state index in [1.807, 2.05) is 0 Å². The van der Waals surface area contributed by atoms with Crippen molar-refractivity contribution in [2.45, 2.75) is 38.6 Å². The van der Waals surface area contributed by atoms with E-state index in [0.29, 0.717) is 5.92 Å². The van der Waals surface area contributed by atoms with E-state index >= 15 is 0 Å². The fourth-order valence-corrected chi connectivity index (χ4v) is 2.87. The molecule has 1 N–H and O–H groups in total. The van der Waals surface area contributed by atoms with E-state index in [4.69, 9.17) is 27.9 Å². The number of nitrogens with zero attached hydrogens (tertiary/aromatic N) is 1. The summed E-state index contributed by atoms with van der Waals surface area (Å²) >= 11 is 11.6. The van der Waals surface area contributed by atoms with Gasteiger partial charge in [0.15, 0.2) is 12.3 Å². The van der Waals surface area contributed by atoms with Crippen molar-refractivity contribution in [3.63, 3.8) is 0 Å². The number of amides is 1. The maximum Gasteiger partial charge on any atom is 0.359 e. The Bertz CT molecular complexity index is 566. The van der Waals surface area contributed by atoms with Crippen LogP contribution in [0.5, 0.6) is 0 Å². The van der Waals surface area contributed by atoms with Gasteiger partial charge in [-0.25, -0.2) is 9.78 Å². The van der Waals surface area contributed by atoms with Crippen LogP contribution in [0.3, 0.4) is 0 Å². The van der Waals surface area contributed by atoms with Gasteiger partial charge in [0.1, 0.15) is 5.15 Å². The monoisotopic (exact) mass is 344 g/mol. The Morgan fingerprint density at radius 1 is 1.32 bits per heavy atom. The molecule has 1 heterocycles. The van der Waals surface area contributed by atoms with Crippen molar-refractivity contribution in [1.82, 2.24) is 10.3 Å². The lowest BCUT2D eigenvalue weighted by atomic mass is 9.86. The lowest BCUT2D eigenvalue weighted by Gasteiger charge is -2.29. The third-order valence-electron chi connectivity index (χ3n) is 3.80. The molecular formula is C15H18Cl2N2O3. The van der Waals surface area contributed by atoms with Crippen LogP contribution in [0.25, 0.3) is 0 Å². The van der Waals surface area contributed by atoms with E-state index in [2.05, 4.69) is 17.2 Å². The molecule has 1 saturated carbocycles. The first-order chi connectivity index (χ1) is 10.5. The van der Waals surface area contributed by atoms with Crippen LogP contribution in [0.4, 0.5) is 0 Å². The van der Waals surface area contributed by atoms with Gasteiger partial charge in [0.2, 0.25) is 0 Å². The number of pyridine rings is 1. The van der Waals surface area contributed by atoms with Gasteiger partial charge in [-0.3, -0.25) is 4.79 Å². The molecule has 2 rings (SSSR count). The SMILES string of the molecule is C[C@@H]1CCCC[C@H]1NC(=O)COC(=O)c1nc(Cl)ccc1Cl. The molecule has 1 aromatic rings. The summed E-state index contributed by atoms with van der Waals surface area (Å²) in [5.41, 5.74) is -0.0898. The van der Waals surface area contributed by atoms with Gasteiger partial charge in [0.25, 0.3) is 5.91 Å². The predicted molar refractivity (Wildman–Crippen MR) is 84.1 cm³/mol. The van der Waals surface area contributed by atoms with Gasteiger partial charge in [0.05, 0.1) is 5.02 Å². The summed E-state index contributed by atoms with van der Waals surface area (Å²) in [6.45, 7) is 1.76. The smallest absolute Gasteiger partial charge is 0.359 e. The van der Waals surface area contributed by atoms with Gasteiger partial charge in [-0.1, -0.05) is 43.0 Å². The second kappa shape index (κ2) is 7.79. The van der Waals surface area contributed by atoms with Gasteiger partial charge < -0.3 is 10.1 Å². The van der Waals surface area contributed by atoms with Crippen molar-refractivity contribution in [1.29, 1.82) is 0 Å². The molecule has 0 radical (unpaired) electrons. The van der Waals surface area contributed by atoms with E-state index in [9.17, 15) is 9.59 Å². The quantitative estimate of drug-likeness (QED) is 0.672. The predicted octanol–water partition coefficient (Wildman–Crippen LogP) is 3.24. The second-order valence-electron chi connectivity index (χ2n) is 5.48. The standard InChI is InChI=1S/C15H18Cl2N2O3/c1-9-4-2-3-5-11(9)18-13(20)8-22-15(21)14-10(16)6-7-12(17)19-14/h6-7,9,11H,2-5,8H2,1H3,(H,18,20)/t9-,11-/m1/s1. The van der Waals surface area contributed by atoms with Crippen molar-refractivity contribution in [2.24, 2.45) is 5.92 Å². The van der Waals surface area contributed by atoms with Crippen LogP contribution >= 0.6 is 23.2 Å². The average Bonchev–Trinajstić information content (AvgIpc) is 2.49. The zero-order valence-corrected chi connectivity index (χ0v) is 13.8. The number of aromatic nitrogens is 1. The maximum atomic E-state index is 11.9. The van der Waals surface area contributed by atoms with Gasteiger partial charge in [-0.15, -0.1) is 0 Å². The highest BCUT2D eigenvalue weighted by atomic mass is 35.5. The van der Waals surface area contributed by atoms with Gasteiger partial charge in [-0.05, 0) is 30.9 Å². The molecule has 0 saturated heterocycles. The molecule has 0 aromatic carbocycles. The molecule has 7 heteroatoms. The summed E-state index contributed by atoms with van der Waals surface area (Å²) in [6.07, 6.45) is 4.37. The molecule has 1 fully saturated rings. The number of hydrogen-bond donors (Lipinski definition) is 1. The van der Waals surface area contributed by atoms with Crippen LogP contribution in [0.1, 0.15) is 43.1 Å². The minimum Gasteiger partial charge on any atom is -0.451 e. The molecule has 1 aliphatic carbocycles. The fourth-order valence-electron chi connectivity index (χ4n) is 2.54. The number of rotatable bonds is 4. The molecule has 0 aliphatic heterocycles. The van der Waals surface area contributed by atoms with Crippen LogP contribution in [-0.2, 0) is 9.53 Å². The molecule has 0 unspecified atom stereocenters. The Balaban J connectivity index is 1.85. The topological polar surface area (TPSA) is 68.3 Å². The first-order valence-corrected chi connectivity index (χ1v) is 8.01. The largest absolute Gasteiger partial charge is 0.451 e. The van der Waals surface area contributed by atoms with E-state index in [1.54, 1.807) is 0 Å². The summed E-state index contributed by atoms with van der Waals surface area (Å²) in [5, 5.41) is 3.18. The number of nitrogens with one attached hydrogen (secondary N) is 1. The van der Waals surface area contributed by atoms with E-state index in [-0.39, 0.29) is 34.4 Å². The molecule has 1 amide bonds. The molecular weight excluding hydrogens is 327 g/mol. The molecule has 2 atom stereocenters. The third kappa shape index (κ3) is 4.58. The van der Waals surface area contributed by atoms with Crippen LogP contribution in [0.15, 0.2) is 12.1 Å². The van der Waals surface area contributed by atoms with Crippen molar-refractivity contribution in [3.8, 4) is 0 Å². The molecule has 5 nitrogen and oxygen atoms in total. The highest BCUT2D eigenvalue weighted by molar-refractivity contribution is 6.34. The summed E-state index contributed by atoms with van der Waals surface area (Å²) < 4.78 is 4.95. The third-order valence-corrected chi connectivity index (χ3v) is 4.31. The lowest BCUT2D eigenvalue weighted by molar-refractivity contribution is -0.125. The van der Waals surface area contributed by atoms with Crippen molar-refractivity contribution >= 4 is 35.1 Å². The minimum absolute atomic E-state index is 0.0898. The molecule has 1 aromatic heterocycles. The Morgan fingerprint density at radius 3 is 2.77 bits per heavy atom. The first kappa shape index (κ1) is 17.0. The van der Waals surface area contributed by atoms with Crippen LogP contribution in [0, 0.1) is 5.92 Å². The Kier molecular flexibility index (Phi) is 6.03. The molecule has 0 spiro atoms. The lowest BCUT2D eigenvalue weighted by Crippen LogP contribution is -2.42. The van der Waals surface area contributed by atoms with E-state index < -0.39 is 5.97 Å². The number of carbonyl (C=O) groups excluding carboxylic acids is 2. The maximum absolute atomic E-state index is 11.9. The summed E-state index contributed by atoms with van der Waals surface area (Å²) in [5.74, 6) is -0.637. The molecule has 22 heavy (non-hydrogen) atoms.